The molecule has 174 valence electrons. The monoisotopic (exact) mass is 434 g/mol. The first-order valence-corrected chi connectivity index (χ1v) is 12.7. The van der Waals surface area contributed by atoms with Crippen LogP contribution in [0.25, 0.3) is 11.0 Å². The Morgan fingerprint density at radius 1 is 0.781 bits per heavy atom. The van der Waals surface area contributed by atoms with Gasteiger partial charge in [-0.2, -0.15) is 0 Å². The Morgan fingerprint density at radius 3 is 2.06 bits per heavy atom. The molecule has 0 saturated heterocycles. The zero-order valence-electron chi connectivity index (χ0n) is 20.7. The van der Waals surface area contributed by atoms with Crippen molar-refractivity contribution in [2.24, 2.45) is 0 Å². The van der Waals surface area contributed by atoms with Crippen molar-refractivity contribution in [1.82, 2.24) is 9.55 Å². The smallest absolute Gasteiger partial charge is 0.147 e. The molecule has 0 amide bonds. The van der Waals surface area contributed by atoms with E-state index in [4.69, 9.17) is 9.72 Å². The second-order valence-corrected chi connectivity index (χ2v) is 10.1. The summed E-state index contributed by atoms with van der Waals surface area (Å²) in [6.07, 6.45) is 12.1. The molecule has 0 unspecified atom stereocenters. The number of imidazole rings is 1. The van der Waals surface area contributed by atoms with Gasteiger partial charge in [-0.15, -0.1) is 0 Å². The van der Waals surface area contributed by atoms with Crippen LogP contribution in [-0.2, 0) is 18.6 Å². The van der Waals surface area contributed by atoms with Crippen molar-refractivity contribution in [3.05, 3.63) is 59.9 Å². The van der Waals surface area contributed by atoms with E-state index in [1.165, 1.54) is 68.9 Å². The van der Waals surface area contributed by atoms with Gasteiger partial charge in [0.25, 0.3) is 0 Å². The van der Waals surface area contributed by atoms with Crippen LogP contribution in [0.3, 0.4) is 0 Å². The first-order valence-electron chi connectivity index (χ1n) is 12.7. The van der Waals surface area contributed by atoms with Gasteiger partial charge in [0.15, 0.2) is 0 Å². The summed E-state index contributed by atoms with van der Waals surface area (Å²) < 4.78 is 8.50. The molecule has 0 bridgehead atoms. The highest BCUT2D eigenvalue weighted by molar-refractivity contribution is 5.75. The van der Waals surface area contributed by atoms with E-state index in [9.17, 15) is 0 Å². The number of para-hydroxylation sites is 2. The maximum Gasteiger partial charge on any atom is 0.147 e. The van der Waals surface area contributed by atoms with Gasteiger partial charge < -0.3 is 9.30 Å². The Hall–Kier alpha value is -2.29. The van der Waals surface area contributed by atoms with Gasteiger partial charge in [-0.3, -0.25) is 0 Å². The van der Waals surface area contributed by atoms with Crippen LogP contribution in [0.5, 0.6) is 5.75 Å². The molecule has 0 radical (unpaired) electrons. The number of hydrogen-bond acceptors (Lipinski definition) is 2. The van der Waals surface area contributed by atoms with E-state index in [-0.39, 0.29) is 5.41 Å². The Kier molecular flexibility index (Phi) is 9.20. The van der Waals surface area contributed by atoms with Crippen LogP contribution < -0.4 is 4.74 Å². The third-order valence-electron chi connectivity index (χ3n) is 6.31. The first-order chi connectivity index (χ1) is 15.5. The standard InChI is InChI=1S/C29H42N2O/c1-5-6-7-8-9-10-11-12-15-22-31-27-17-14-13-16-26(27)30-28(31)23-32-25-20-18-24(19-21-25)29(2,3)4/h13-14,16-21H,5-12,15,22-23H2,1-4H3. The van der Waals surface area contributed by atoms with Crippen LogP contribution in [0.4, 0.5) is 0 Å². The fraction of sp³-hybridized carbons (Fsp3) is 0.552. The summed E-state index contributed by atoms with van der Waals surface area (Å²) in [5, 5.41) is 0. The van der Waals surface area contributed by atoms with Gasteiger partial charge >= 0.3 is 0 Å². The lowest BCUT2D eigenvalue weighted by atomic mass is 9.87. The van der Waals surface area contributed by atoms with Crippen molar-refractivity contribution >= 4 is 11.0 Å². The lowest BCUT2D eigenvalue weighted by molar-refractivity contribution is 0.289. The molecule has 0 aliphatic carbocycles. The van der Waals surface area contributed by atoms with Gasteiger partial charge in [0.05, 0.1) is 11.0 Å². The number of aromatic nitrogens is 2. The largest absolute Gasteiger partial charge is 0.486 e. The summed E-state index contributed by atoms with van der Waals surface area (Å²) in [5.74, 6) is 1.92. The number of hydrogen-bond donors (Lipinski definition) is 0. The summed E-state index contributed by atoms with van der Waals surface area (Å²) in [6, 6.07) is 16.9. The summed E-state index contributed by atoms with van der Waals surface area (Å²) in [7, 11) is 0. The Labute approximate surface area is 195 Å². The molecule has 0 atom stereocenters. The molecular formula is C29H42N2O. The number of benzene rings is 2. The number of rotatable bonds is 13. The molecule has 3 nitrogen and oxygen atoms in total. The molecule has 1 heterocycles. The molecule has 0 saturated carbocycles. The summed E-state index contributed by atoms with van der Waals surface area (Å²) >= 11 is 0. The van der Waals surface area contributed by atoms with E-state index < -0.39 is 0 Å². The van der Waals surface area contributed by atoms with Crippen molar-refractivity contribution in [3.8, 4) is 5.75 Å². The quantitative estimate of drug-likeness (QED) is 0.252. The number of ether oxygens (including phenoxy) is 1. The molecule has 3 aromatic rings. The molecule has 3 rings (SSSR count). The number of unbranched alkanes of at least 4 members (excludes halogenated alkanes) is 8. The maximum atomic E-state index is 6.14. The van der Waals surface area contributed by atoms with E-state index in [0.717, 1.165) is 23.6 Å². The average molecular weight is 435 g/mol. The van der Waals surface area contributed by atoms with Crippen LogP contribution in [0.15, 0.2) is 48.5 Å². The first kappa shape index (κ1) is 24.4. The lowest BCUT2D eigenvalue weighted by Gasteiger charge is -2.19. The van der Waals surface area contributed by atoms with Crippen LogP contribution in [0.2, 0.25) is 0 Å². The SMILES string of the molecule is CCCCCCCCCCCn1c(COc2ccc(C(C)(C)C)cc2)nc2ccccc21. The Bertz CT molecular complexity index is 934. The molecule has 0 fully saturated rings. The van der Waals surface area contributed by atoms with Crippen molar-refractivity contribution in [2.75, 3.05) is 0 Å². The molecule has 0 spiro atoms. The van der Waals surface area contributed by atoms with Crippen molar-refractivity contribution < 1.29 is 4.74 Å². The van der Waals surface area contributed by atoms with E-state index in [1.807, 2.05) is 0 Å². The van der Waals surface area contributed by atoms with Gasteiger partial charge in [0.2, 0.25) is 0 Å². The fourth-order valence-corrected chi connectivity index (χ4v) is 4.26. The van der Waals surface area contributed by atoms with Crippen LogP contribution in [0, 0.1) is 0 Å². The van der Waals surface area contributed by atoms with E-state index in [0.29, 0.717) is 6.61 Å². The third-order valence-corrected chi connectivity index (χ3v) is 6.31. The molecule has 2 aromatic carbocycles. The van der Waals surface area contributed by atoms with Crippen LogP contribution >= 0.6 is 0 Å². The predicted octanol–water partition coefficient (Wildman–Crippen LogP) is 8.44. The second-order valence-electron chi connectivity index (χ2n) is 10.1. The maximum absolute atomic E-state index is 6.14. The summed E-state index contributed by atoms with van der Waals surface area (Å²) in [5.41, 5.74) is 3.75. The van der Waals surface area contributed by atoms with Gasteiger partial charge in [-0.05, 0) is 41.7 Å². The van der Waals surface area contributed by atoms with Gasteiger partial charge in [-0.1, -0.05) is 103 Å². The molecule has 1 aromatic heterocycles. The van der Waals surface area contributed by atoms with Gasteiger partial charge in [0.1, 0.15) is 18.2 Å². The minimum Gasteiger partial charge on any atom is -0.486 e. The summed E-state index contributed by atoms with van der Waals surface area (Å²) in [4.78, 5) is 4.88. The minimum atomic E-state index is 0.155. The zero-order chi connectivity index (χ0) is 22.8. The fourth-order valence-electron chi connectivity index (χ4n) is 4.26. The highest BCUT2D eigenvalue weighted by Gasteiger charge is 2.14. The van der Waals surface area contributed by atoms with E-state index in [2.05, 4.69) is 80.8 Å². The van der Waals surface area contributed by atoms with Crippen molar-refractivity contribution in [3.63, 3.8) is 0 Å². The molecule has 3 heteroatoms. The molecule has 0 aliphatic rings. The van der Waals surface area contributed by atoms with Crippen molar-refractivity contribution in [2.45, 2.75) is 104 Å². The Balaban J connectivity index is 1.55. The number of fused-ring (bicyclic) bond motifs is 1. The zero-order valence-corrected chi connectivity index (χ0v) is 20.7. The van der Waals surface area contributed by atoms with Crippen LogP contribution in [-0.4, -0.2) is 9.55 Å². The normalized spacial score (nSPS) is 11.9. The lowest BCUT2D eigenvalue weighted by Crippen LogP contribution is -2.11. The number of nitrogens with zero attached hydrogens (tertiary/aromatic N) is 2. The Morgan fingerprint density at radius 2 is 1.41 bits per heavy atom. The van der Waals surface area contributed by atoms with E-state index in [1.54, 1.807) is 0 Å². The van der Waals surface area contributed by atoms with E-state index >= 15 is 0 Å². The predicted molar refractivity (Wildman–Crippen MR) is 136 cm³/mol. The van der Waals surface area contributed by atoms with Crippen LogP contribution in [0.1, 0.15) is 96.9 Å². The minimum absolute atomic E-state index is 0.155. The molecular weight excluding hydrogens is 392 g/mol. The molecule has 32 heavy (non-hydrogen) atoms. The van der Waals surface area contributed by atoms with Crippen molar-refractivity contribution in [1.29, 1.82) is 0 Å². The van der Waals surface area contributed by atoms with Gasteiger partial charge in [-0.25, -0.2) is 4.98 Å². The third kappa shape index (κ3) is 7.12. The molecule has 0 N–H and O–H groups in total. The highest BCUT2D eigenvalue weighted by Crippen LogP contribution is 2.25. The van der Waals surface area contributed by atoms with Gasteiger partial charge in [0, 0.05) is 6.54 Å². The average Bonchev–Trinajstić information content (AvgIpc) is 3.14. The topological polar surface area (TPSA) is 27.1 Å². The number of aryl methyl sites for hydroxylation is 1. The second kappa shape index (κ2) is 12.1. The highest BCUT2D eigenvalue weighted by atomic mass is 16.5. The molecule has 0 aliphatic heterocycles. The summed E-state index contributed by atoms with van der Waals surface area (Å²) in [6.45, 7) is 10.5.